The first-order valence-electron chi connectivity index (χ1n) is 6.41. The number of benzene rings is 1. The fraction of sp³-hybridized carbons (Fsp3) is 0.500. The maximum absolute atomic E-state index is 12.9. The van der Waals surface area contributed by atoms with Gasteiger partial charge in [0.15, 0.2) is 0 Å². The lowest BCUT2D eigenvalue weighted by molar-refractivity contribution is -0.158. The van der Waals surface area contributed by atoms with E-state index in [0.717, 1.165) is 12.8 Å². The van der Waals surface area contributed by atoms with Crippen molar-refractivity contribution >= 4 is 5.97 Å². The van der Waals surface area contributed by atoms with Gasteiger partial charge in [-0.1, -0.05) is 30.3 Å². The van der Waals surface area contributed by atoms with Crippen molar-refractivity contribution < 1.29 is 18.3 Å². The van der Waals surface area contributed by atoms with E-state index in [1.807, 2.05) is 18.2 Å². The molecular weight excluding hydrogens is 252 g/mol. The molecule has 1 aliphatic heterocycles. The molecule has 0 spiro atoms. The molecule has 0 saturated carbocycles. The van der Waals surface area contributed by atoms with Crippen LogP contribution in [-0.2, 0) is 16.0 Å². The van der Waals surface area contributed by atoms with Crippen LogP contribution in [0.5, 0.6) is 0 Å². The van der Waals surface area contributed by atoms with Gasteiger partial charge in [-0.25, -0.2) is 4.79 Å². The number of cyclic esters (lactones) is 1. The predicted molar refractivity (Wildman–Crippen MR) is 67.1 cm³/mol. The number of rotatable bonds is 6. The van der Waals surface area contributed by atoms with Crippen LogP contribution in [0.25, 0.3) is 0 Å². The molecule has 1 N–H and O–H groups in total. The van der Waals surface area contributed by atoms with Gasteiger partial charge < -0.3 is 10.1 Å². The van der Waals surface area contributed by atoms with Gasteiger partial charge in [-0.3, -0.25) is 0 Å². The van der Waals surface area contributed by atoms with Crippen LogP contribution >= 0.6 is 0 Å². The minimum Gasteiger partial charge on any atom is -0.456 e. The van der Waals surface area contributed by atoms with Gasteiger partial charge in [0.25, 0.3) is 0 Å². The Bertz CT molecular complexity index is 423. The van der Waals surface area contributed by atoms with E-state index >= 15 is 0 Å². The van der Waals surface area contributed by atoms with E-state index in [9.17, 15) is 13.6 Å². The molecule has 0 aliphatic carbocycles. The zero-order valence-corrected chi connectivity index (χ0v) is 10.6. The molecule has 1 aromatic carbocycles. The lowest BCUT2D eigenvalue weighted by Gasteiger charge is -2.09. The maximum atomic E-state index is 12.9. The molecular formula is C14H17F2NO2. The van der Waals surface area contributed by atoms with Gasteiger partial charge in [-0.15, -0.1) is 0 Å². The number of hydrogen-bond acceptors (Lipinski definition) is 3. The number of alkyl halides is 2. The Hall–Kier alpha value is -1.49. The van der Waals surface area contributed by atoms with Crippen molar-refractivity contribution in [2.45, 2.75) is 31.3 Å². The predicted octanol–water partition coefficient (Wildman–Crippen LogP) is 2.16. The highest BCUT2D eigenvalue weighted by Crippen LogP contribution is 2.30. The molecule has 0 radical (unpaired) electrons. The molecule has 2 rings (SSSR count). The van der Waals surface area contributed by atoms with Gasteiger partial charge in [0.1, 0.15) is 6.10 Å². The molecule has 1 aliphatic rings. The van der Waals surface area contributed by atoms with E-state index in [4.69, 9.17) is 0 Å². The fourth-order valence-corrected chi connectivity index (χ4v) is 2.09. The Morgan fingerprint density at radius 2 is 2.05 bits per heavy atom. The molecule has 1 fully saturated rings. The third-order valence-electron chi connectivity index (χ3n) is 3.09. The number of nitrogens with one attached hydrogen (secondary N) is 1. The lowest BCUT2D eigenvalue weighted by atomic mass is 10.1. The normalized spacial score (nSPS) is 21.4. The second-order valence-electron chi connectivity index (χ2n) is 4.73. The summed E-state index contributed by atoms with van der Waals surface area (Å²) in [6.45, 7) is 1.00. The molecule has 104 valence electrons. The number of carbonyl (C=O) groups is 1. The molecule has 0 bridgehead atoms. The highest BCUT2D eigenvalue weighted by molar-refractivity contribution is 5.79. The van der Waals surface area contributed by atoms with Gasteiger partial charge in [-0.2, -0.15) is 8.78 Å². The molecule has 0 amide bonds. The second kappa shape index (κ2) is 6.10. The standard InChI is InChI=1S/C14H17F2NO2/c15-14(16)9-12(19-13(14)18)10-17-8-4-7-11-5-2-1-3-6-11/h1-3,5-6,12,17H,4,7-10H2. The molecule has 1 unspecified atom stereocenters. The van der Waals surface area contributed by atoms with Gasteiger partial charge in [0, 0.05) is 6.54 Å². The number of hydrogen-bond donors (Lipinski definition) is 1. The molecule has 1 atom stereocenters. The fourth-order valence-electron chi connectivity index (χ4n) is 2.09. The Kier molecular flexibility index (Phi) is 4.47. The maximum Gasteiger partial charge on any atom is 0.377 e. The SMILES string of the molecule is O=C1OC(CNCCCc2ccccc2)CC1(F)F. The summed E-state index contributed by atoms with van der Waals surface area (Å²) >= 11 is 0. The smallest absolute Gasteiger partial charge is 0.377 e. The first-order chi connectivity index (χ1) is 9.08. The Labute approximate surface area is 111 Å². The number of carbonyl (C=O) groups excluding carboxylic acids is 1. The summed E-state index contributed by atoms with van der Waals surface area (Å²) in [6.07, 6.45) is 0.631. The molecule has 1 aromatic rings. The van der Waals surface area contributed by atoms with E-state index in [-0.39, 0.29) is 6.54 Å². The average molecular weight is 269 g/mol. The summed E-state index contributed by atoms with van der Waals surface area (Å²) in [6, 6.07) is 10.1. The molecule has 1 heterocycles. The number of halogens is 2. The zero-order valence-electron chi connectivity index (χ0n) is 10.6. The quantitative estimate of drug-likeness (QED) is 0.635. The van der Waals surface area contributed by atoms with Gasteiger partial charge >= 0.3 is 11.9 Å². The largest absolute Gasteiger partial charge is 0.456 e. The Morgan fingerprint density at radius 1 is 1.32 bits per heavy atom. The van der Waals surface area contributed by atoms with Crippen LogP contribution in [-0.4, -0.2) is 31.1 Å². The van der Waals surface area contributed by atoms with E-state index in [1.165, 1.54) is 5.56 Å². The highest BCUT2D eigenvalue weighted by atomic mass is 19.3. The average Bonchev–Trinajstić information content (AvgIpc) is 2.64. The van der Waals surface area contributed by atoms with Crippen LogP contribution in [0.1, 0.15) is 18.4 Å². The minimum atomic E-state index is -3.31. The molecule has 0 aromatic heterocycles. The topological polar surface area (TPSA) is 38.3 Å². The summed E-state index contributed by atoms with van der Waals surface area (Å²) in [7, 11) is 0. The van der Waals surface area contributed by atoms with E-state index in [1.54, 1.807) is 0 Å². The van der Waals surface area contributed by atoms with Gasteiger partial charge in [-0.05, 0) is 24.9 Å². The van der Waals surface area contributed by atoms with Crippen LogP contribution in [0.4, 0.5) is 8.78 Å². The zero-order chi connectivity index (χ0) is 13.7. The van der Waals surface area contributed by atoms with Crippen LogP contribution < -0.4 is 5.32 Å². The Balaban J connectivity index is 1.59. The van der Waals surface area contributed by atoms with Crippen molar-refractivity contribution in [3.63, 3.8) is 0 Å². The van der Waals surface area contributed by atoms with Gasteiger partial charge in [0.05, 0.1) is 6.42 Å². The van der Waals surface area contributed by atoms with Crippen LogP contribution in [0.3, 0.4) is 0 Å². The van der Waals surface area contributed by atoms with Crippen LogP contribution in [0, 0.1) is 0 Å². The first kappa shape index (κ1) is 13.9. The van der Waals surface area contributed by atoms with Crippen molar-refractivity contribution in [1.29, 1.82) is 0 Å². The van der Waals surface area contributed by atoms with Crippen LogP contribution in [0.2, 0.25) is 0 Å². The summed E-state index contributed by atoms with van der Waals surface area (Å²) in [5, 5.41) is 3.05. The minimum absolute atomic E-state index is 0.288. The van der Waals surface area contributed by atoms with Crippen molar-refractivity contribution in [2.24, 2.45) is 0 Å². The number of aryl methyl sites for hydroxylation is 1. The lowest BCUT2D eigenvalue weighted by Crippen LogP contribution is -2.28. The van der Waals surface area contributed by atoms with Crippen molar-refractivity contribution in [3.8, 4) is 0 Å². The highest BCUT2D eigenvalue weighted by Gasteiger charge is 2.50. The molecule has 3 nitrogen and oxygen atoms in total. The number of ether oxygens (including phenoxy) is 1. The van der Waals surface area contributed by atoms with Crippen LogP contribution in [0.15, 0.2) is 30.3 Å². The summed E-state index contributed by atoms with van der Waals surface area (Å²) in [5.41, 5.74) is 1.25. The Morgan fingerprint density at radius 3 is 2.68 bits per heavy atom. The van der Waals surface area contributed by atoms with Gasteiger partial charge in [0.2, 0.25) is 0 Å². The summed E-state index contributed by atoms with van der Waals surface area (Å²) in [5.74, 6) is -4.71. The second-order valence-corrected chi connectivity index (χ2v) is 4.73. The molecule has 19 heavy (non-hydrogen) atoms. The van der Waals surface area contributed by atoms with Crippen molar-refractivity contribution in [1.82, 2.24) is 5.32 Å². The monoisotopic (exact) mass is 269 g/mol. The third kappa shape index (κ3) is 3.99. The third-order valence-corrected chi connectivity index (χ3v) is 3.09. The molecule has 1 saturated heterocycles. The van der Waals surface area contributed by atoms with Crippen molar-refractivity contribution in [3.05, 3.63) is 35.9 Å². The number of esters is 1. The van der Waals surface area contributed by atoms with E-state index in [0.29, 0.717) is 6.54 Å². The summed E-state index contributed by atoms with van der Waals surface area (Å²) in [4.78, 5) is 10.8. The van der Waals surface area contributed by atoms with E-state index in [2.05, 4.69) is 22.2 Å². The molecule has 5 heteroatoms. The van der Waals surface area contributed by atoms with Crippen molar-refractivity contribution in [2.75, 3.05) is 13.1 Å². The van der Waals surface area contributed by atoms with E-state index < -0.39 is 24.4 Å². The summed E-state index contributed by atoms with van der Waals surface area (Å²) < 4.78 is 30.4. The first-order valence-corrected chi connectivity index (χ1v) is 6.41.